The lowest BCUT2D eigenvalue weighted by Crippen LogP contribution is -2.45. The molecule has 11 heteroatoms. The Kier molecular flexibility index (Phi) is 5.07. The highest BCUT2D eigenvalue weighted by Crippen LogP contribution is 2.41. The third-order valence-electron chi connectivity index (χ3n) is 6.99. The fourth-order valence-electron chi connectivity index (χ4n) is 5.56. The van der Waals surface area contributed by atoms with E-state index in [1.807, 2.05) is 6.07 Å². The van der Waals surface area contributed by atoms with Gasteiger partial charge in [-0.15, -0.1) is 0 Å². The monoisotopic (exact) mass is 528 g/mol. The van der Waals surface area contributed by atoms with Crippen molar-refractivity contribution in [3.63, 3.8) is 0 Å². The molecule has 3 aromatic carbocycles. The standard InChI is InChI=1S/C25H21NO8S2/c27-15-5-7-17-21(12-15)34-25-19-4-2-10-26-9-1-3-14(24(19)26)11-20(25)23(17)18-8-6-16(35(28,29)30)13-22(18)36(31,32)33/h5-8,11-13H,1-4,9-10H2,(H2,28,29,30,31,32,33)/p+1. The summed E-state index contributed by atoms with van der Waals surface area (Å²) in [6, 6.07) is 9.52. The Morgan fingerprint density at radius 3 is 2.28 bits per heavy atom. The van der Waals surface area contributed by atoms with Gasteiger partial charge in [-0.05, 0) is 43.2 Å². The van der Waals surface area contributed by atoms with E-state index in [4.69, 9.17) is 4.74 Å². The number of hydrogen-bond acceptors (Lipinski definition) is 6. The molecule has 6 rings (SSSR count). The van der Waals surface area contributed by atoms with Gasteiger partial charge in [0.2, 0.25) is 5.36 Å². The van der Waals surface area contributed by atoms with E-state index in [9.17, 15) is 31.0 Å². The van der Waals surface area contributed by atoms with Gasteiger partial charge in [0, 0.05) is 46.4 Å². The molecule has 3 aliphatic rings. The van der Waals surface area contributed by atoms with E-state index in [0.29, 0.717) is 27.9 Å². The zero-order valence-corrected chi connectivity index (χ0v) is 20.6. The van der Waals surface area contributed by atoms with E-state index in [-0.39, 0.29) is 11.3 Å². The van der Waals surface area contributed by atoms with Crippen LogP contribution in [0, 0.1) is 0 Å². The predicted molar refractivity (Wildman–Crippen MR) is 129 cm³/mol. The first-order valence-electron chi connectivity index (χ1n) is 11.4. The first-order chi connectivity index (χ1) is 17.0. The van der Waals surface area contributed by atoms with Crippen LogP contribution >= 0.6 is 0 Å². The van der Waals surface area contributed by atoms with E-state index in [2.05, 4.69) is 4.58 Å². The van der Waals surface area contributed by atoms with Crippen molar-refractivity contribution >= 4 is 25.8 Å². The zero-order chi connectivity index (χ0) is 25.4. The second-order valence-electron chi connectivity index (χ2n) is 9.20. The lowest BCUT2D eigenvalue weighted by atomic mass is 9.87. The van der Waals surface area contributed by atoms with Gasteiger partial charge in [-0.25, -0.2) is 4.58 Å². The van der Waals surface area contributed by atoms with Crippen molar-refractivity contribution in [3.8, 4) is 17.2 Å². The van der Waals surface area contributed by atoms with Crippen LogP contribution in [0.1, 0.15) is 35.1 Å². The van der Waals surface area contributed by atoms with E-state index >= 15 is 0 Å². The number of fused-ring (bicyclic) bond motifs is 3. The van der Waals surface area contributed by atoms with Gasteiger partial charge in [-0.1, -0.05) is 6.07 Å². The second kappa shape index (κ2) is 7.87. The van der Waals surface area contributed by atoms with Gasteiger partial charge in [-0.2, -0.15) is 16.8 Å². The number of aryl methyl sites for hydroxylation is 1. The minimum atomic E-state index is -4.90. The summed E-state index contributed by atoms with van der Waals surface area (Å²) in [7, 11) is -9.63. The SMILES string of the molecule is O=S(=O)(O)c1ccc(C2=c3cc4c5c(c3Oc3cc(O)ccc32)CCC[N+]=5CCC4)c(S(=O)(=O)O)c1. The summed E-state index contributed by atoms with van der Waals surface area (Å²) >= 11 is 0. The zero-order valence-electron chi connectivity index (χ0n) is 18.9. The number of phenolic OH excluding ortho intramolecular Hbond substituents is 1. The number of nitrogens with zero attached hydrogens (tertiary/aromatic N) is 1. The second-order valence-corrected chi connectivity index (χ2v) is 12.0. The molecule has 0 radical (unpaired) electrons. The summed E-state index contributed by atoms with van der Waals surface area (Å²) < 4.78 is 76.6. The topological polar surface area (TPSA) is 141 Å². The molecular formula is C25H22NO8S2+. The molecule has 0 saturated carbocycles. The molecule has 186 valence electrons. The average molecular weight is 529 g/mol. The van der Waals surface area contributed by atoms with Crippen molar-refractivity contribution in [1.82, 2.24) is 4.58 Å². The van der Waals surface area contributed by atoms with Crippen LogP contribution in [0.3, 0.4) is 0 Å². The summed E-state index contributed by atoms with van der Waals surface area (Å²) in [4.78, 5) is -1.32. The van der Waals surface area contributed by atoms with Gasteiger partial charge < -0.3 is 9.84 Å². The van der Waals surface area contributed by atoms with Crippen LogP contribution in [0.25, 0.3) is 5.57 Å². The first-order valence-corrected chi connectivity index (χ1v) is 14.3. The van der Waals surface area contributed by atoms with Gasteiger partial charge in [0.15, 0.2) is 0 Å². The number of hydrogen-bond donors (Lipinski definition) is 3. The molecule has 9 nitrogen and oxygen atoms in total. The maximum absolute atomic E-state index is 12.4. The van der Waals surface area contributed by atoms with Crippen LogP contribution in [-0.2, 0) is 33.1 Å². The lowest BCUT2D eigenvalue weighted by molar-refractivity contribution is 0.430. The van der Waals surface area contributed by atoms with Crippen LogP contribution in [0.15, 0.2) is 52.3 Å². The summed E-state index contributed by atoms with van der Waals surface area (Å²) in [5, 5.41) is 11.9. The third kappa shape index (κ3) is 3.62. The number of rotatable bonds is 3. The molecule has 0 fully saturated rings. The predicted octanol–water partition coefficient (Wildman–Crippen LogP) is 1.62. The van der Waals surface area contributed by atoms with Crippen molar-refractivity contribution < 1.29 is 35.8 Å². The Morgan fingerprint density at radius 2 is 1.56 bits per heavy atom. The number of aromatic hydroxyl groups is 1. The minimum Gasteiger partial charge on any atom is -0.508 e. The molecule has 0 spiro atoms. The highest BCUT2D eigenvalue weighted by Gasteiger charge is 2.33. The molecule has 0 saturated heterocycles. The van der Waals surface area contributed by atoms with E-state index < -0.39 is 30.0 Å². The number of ether oxygens (including phenoxy) is 1. The van der Waals surface area contributed by atoms with E-state index in [0.717, 1.165) is 67.4 Å². The fraction of sp³-hybridized carbons (Fsp3) is 0.240. The molecule has 0 amide bonds. The van der Waals surface area contributed by atoms with Gasteiger partial charge in [0.05, 0.1) is 10.5 Å². The first kappa shape index (κ1) is 23.2. The van der Waals surface area contributed by atoms with Crippen LogP contribution in [0.4, 0.5) is 0 Å². The lowest BCUT2D eigenvalue weighted by Gasteiger charge is -2.26. The Hall–Kier alpha value is -3.25. The summed E-state index contributed by atoms with van der Waals surface area (Å²) in [5.74, 6) is 0.817. The summed E-state index contributed by atoms with van der Waals surface area (Å²) in [6.07, 6.45) is 3.50. The molecule has 0 aromatic heterocycles. The summed E-state index contributed by atoms with van der Waals surface area (Å²) in [6.45, 7) is 1.88. The Labute approximate surface area is 207 Å². The molecule has 0 unspecified atom stereocenters. The highest BCUT2D eigenvalue weighted by atomic mass is 32.2. The van der Waals surface area contributed by atoms with Crippen molar-refractivity contribution in [1.29, 1.82) is 0 Å². The Balaban J connectivity index is 1.81. The van der Waals surface area contributed by atoms with Crippen molar-refractivity contribution in [2.75, 3.05) is 13.1 Å². The van der Waals surface area contributed by atoms with E-state index in [1.54, 1.807) is 6.07 Å². The van der Waals surface area contributed by atoms with Crippen molar-refractivity contribution in [2.45, 2.75) is 35.5 Å². The van der Waals surface area contributed by atoms with Gasteiger partial charge in [0.25, 0.3) is 20.2 Å². The normalized spacial score (nSPS) is 16.6. The Morgan fingerprint density at radius 1 is 0.833 bits per heavy atom. The van der Waals surface area contributed by atoms with Gasteiger partial charge in [-0.3, -0.25) is 9.11 Å². The quantitative estimate of drug-likeness (QED) is 0.269. The molecule has 0 atom stereocenters. The third-order valence-corrected chi connectivity index (χ3v) is 8.73. The molecular weight excluding hydrogens is 506 g/mol. The van der Waals surface area contributed by atoms with Crippen LogP contribution in [-0.4, -0.2) is 44.1 Å². The molecule has 3 N–H and O–H groups in total. The van der Waals surface area contributed by atoms with Crippen LogP contribution in [0.2, 0.25) is 0 Å². The van der Waals surface area contributed by atoms with Gasteiger partial charge in [0.1, 0.15) is 35.2 Å². The number of phenols is 1. The fourth-order valence-corrected chi connectivity index (χ4v) is 6.87. The molecule has 0 aliphatic carbocycles. The molecule has 36 heavy (non-hydrogen) atoms. The maximum atomic E-state index is 12.4. The molecule has 3 aromatic rings. The maximum Gasteiger partial charge on any atom is 0.295 e. The Bertz CT molecular complexity index is 1820. The molecule has 3 heterocycles. The van der Waals surface area contributed by atoms with Crippen LogP contribution in [0.5, 0.6) is 17.2 Å². The van der Waals surface area contributed by atoms with E-state index in [1.165, 1.54) is 18.2 Å². The minimum absolute atomic E-state index is 0.0403. The van der Waals surface area contributed by atoms with Crippen molar-refractivity contribution in [2.24, 2.45) is 0 Å². The van der Waals surface area contributed by atoms with Gasteiger partial charge >= 0.3 is 0 Å². The molecule has 0 bridgehead atoms. The summed E-state index contributed by atoms with van der Waals surface area (Å²) in [5.41, 5.74) is 3.06. The van der Waals surface area contributed by atoms with Crippen molar-refractivity contribution in [3.05, 3.63) is 75.3 Å². The largest absolute Gasteiger partial charge is 0.508 e. The smallest absolute Gasteiger partial charge is 0.295 e. The number of benzene rings is 3. The highest BCUT2D eigenvalue weighted by molar-refractivity contribution is 7.86. The molecule has 3 aliphatic heterocycles. The average Bonchev–Trinajstić information content (AvgIpc) is 2.82. The van der Waals surface area contributed by atoms with Crippen LogP contribution < -0.4 is 19.9 Å².